The van der Waals surface area contributed by atoms with E-state index in [1.807, 2.05) is 0 Å². The highest BCUT2D eigenvalue weighted by Crippen LogP contribution is 2.18. The van der Waals surface area contributed by atoms with Crippen LogP contribution in [0.2, 0.25) is 0 Å². The van der Waals surface area contributed by atoms with E-state index in [1.165, 1.54) is 38.0 Å². The zero-order valence-corrected chi connectivity index (χ0v) is 12.7. The summed E-state index contributed by atoms with van der Waals surface area (Å²) in [7, 11) is 4.52. The predicted molar refractivity (Wildman–Crippen MR) is 82.5 cm³/mol. The first-order chi connectivity index (χ1) is 9.15. The Morgan fingerprint density at radius 2 is 1.84 bits per heavy atom. The van der Waals surface area contributed by atoms with E-state index in [-0.39, 0.29) is 0 Å². The van der Waals surface area contributed by atoms with Gasteiger partial charge in [0, 0.05) is 12.6 Å². The summed E-state index contributed by atoms with van der Waals surface area (Å²) in [5, 5.41) is 0. The van der Waals surface area contributed by atoms with Crippen LogP contribution in [-0.2, 0) is 6.42 Å². The van der Waals surface area contributed by atoms with E-state index in [0.29, 0.717) is 6.04 Å². The van der Waals surface area contributed by atoms with Gasteiger partial charge in [0.25, 0.3) is 0 Å². The van der Waals surface area contributed by atoms with Crippen LogP contribution in [-0.4, -0.2) is 49.6 Å². The first-order valence-corrected chi connectivity index (χ1v) is 7.58. The molecule has 0 N–H and O–H groups in total. The number of hydrogen-bond acceptors (Lipinski definition) is 2. The third kappa shape index (κ3) is 4.63. The molecule has 1 aliphatic heterocycles. The molecule has 0 saturated carbocycles. The Balaban J connectivity index is 1.77. The van der Waals surface area contributed by atoms with Crippen molar-refractivity contribution in [3.05, 3.63) is 35.9 Å². The highest BCUT2D eigenvalue weighted by molar-refractivity contribution is 5.15. The maximum atomic E-state index is 2.54. The largest absolute Gasteiger partial charge is 0.306 e. The van der Waals surface area contributed by atoms with Crippen molar-refractivity contribution in [1.29, 1.82) is 0 Å². The van der Waals surface area contributed by atoms with Crippen molar-refractivity contribution in [1.82, 2.24) is 9.80 Å². The van der Waals surface area contributed by atoms with Crippen LogP contribution in [0.25, 0.3) is 0 Å². The minimum absolute atomic E-state index is 0.627. The van der Waals surface area contributed by atoms with Gasteiger partial charge in [-0.1, -0.05) is 30.3 Å². The number of nitrogens with zero attached hydrogens (tertiary/aromatic N) is 2. The molecule has 106 valence electrons. The number of piperidine rings is 1. The summed E-state index contributed by atoms with van der Waals surface area (Å²) in [4.78, 5) is 4.99. The van der Waals surface area contributed by atoms with Crippen molar-refractivity contribution < 1.29 is 0 Å². The lowest BCUT2D eigenvalue weighted by molar-refractivity contribution is 0.154. The molecular weight excluding hydrogens is 232 g/mol. The average molecular weight is 260 g/mol. The van der Waals surface area contributed by atoms with Gasteiger partial charge in [0.2, 0.25) is 0 Å². The lowest BCUT2D eigenvalue weighted by atomic mass is 9.95. The van der Waals surface area contributed by atoms with Crippen LogP contribution < -0.4 is 0 Å². The molecule has 0 aromatic heterocycles. The monoisotopic (exact) mass is 260 g/mol. The average Bonchev–Trinajstić information content (AvgIpc) is 2.42. The Morgan fingerprint density at radius 1 is 1.21 bits per heavy atom. The van der Waals surface area contributed by atoms with Gasteiger partial charge in [-0.2, -0.15) is 0 Å². The maximum Gasteiger partial charge on any atom is 0.0104 e. The van der Waals surface area contributed by atoms with Crippen molar-refractivity contribution in [3.63, 3.8) is 0 Å². The molecule has 1 aliphatic rings. The van der Waals surface area contributed by atoms with Gasteiger partial charge >= 0.3 is 0 Å². The highest BCUT2D eigenvalue weighted by atomic mass is 15.1. The van der Waals surface area contributed by atoms with Crippen molar-refractivity contribution in [2.75, 3.05) is 33.7 Å². The molecule has 0 amide bonds. The minimum Gasteiger partial charge on any atom is -0.306 e. The van der Waals surface area contributed by atoms with Gasteiger partial charge in [0.1, 0.15) is 0 Å². The van der Waals surface area contributed by atoms with E-state index in [2.05, 4.69) is 61.2 Å². The van der Waals surface area contributed by atoms with Gasteiger partial charge in [-0.15, -0.1) is 0 Å². The van der Waals surface area contributed by atoms with Crippen LogP contribution in [0.5, 0.6) is 0 Å². The Kier molecular flexibility index (Phi) is 5.41. The van der Waals surface area contributed by atoms with E-state index in [0.717, 1.165) is 12.3 Å². The van der Waals surface area contributed by atoms with E-state index >= 15 is 0 Å². The Hall–Kier alpha value is -0.860. The van der Waals surface area contributed by atoms with E-state index in [4.69, 9.17) is 0 Å². The summed E-state index contributed by atoms with van der Waals surface area (Å²) in [5.74, 6) is 0.888. The van der Waals surface area contributed by atoms with Gasteiger partial charge in [-0.25, -0.2) is 0 Å². The predicted octanol–water partition coefficient (Wildman–Crippen LogP) is 2.89. The number of likely N-dealkylation sites (tertiary alicyclic amines) is 1. The van der Waals surface area contributed by atoms with Gasteiger partial charge in [0.15, 0.2) is 0 Å². The van der Waals surface area contributed by atoms with E-state index in [9.17, 15) is 0 Å². The highest BCUT2D eigenvalue weighted by Gasteiger charge is 2.20. The number of hydrogen-bond donors (Lipinski definition) is 0. The molecule has 0 spiro atoms. The van der Waals surface area contributed by atoms with Crippen molar-refractivity contribution in [2.24, 2.45) is 5.92 Å². The fraction of sp³-hybridized carbons (Fsp3) is 0.647. The molecular formula is C17H28N2. The molecule has 2 rings (SSSR count). The fourth-order valence-electron chi connectivity index (χ4n) is 2.94. The number of rotatable bonds is 5. The lowest BCUT2D eigenvalue weighted by Crippen LogP contribution is -2.39. The van der Waals surface area contributed by atoms with Crippen LogP contribution in [0, 0.1) is 5.92 Å². The lowest BCUT2D eigenvalue weighted by Gasteiger charge is -2.34. The first-order valence-electron chi connectivity index (χ1n) is 7.58. The number of benzene rings is 1. The molecule has 1 heterocycles. The third-order valence-electron chi connectivity index (χ3n) is 4.51. The fourth-order valence-corrected chi connectivity index (χ4v) is 2.94. The summed E-state index contributed by atoms with van der Waals surface area (Å²) in [6, 6.07) is 11.5. The maximum absolute atomic E-state index is 2.54. The van der Waals surface area contributed by atoms with Gasteiger partial charge in [-0.3, -0.25) is 0 Å². The van der Waals surface area contributed by atoms with E-state index in [1.54, 1.807) is 0 Å². The minimum atomic E-state index is 0.627. The second-order valence-corrected chi connectivity index (χ2v) is 6.22. The van der Waals surface area contributed by atoms with Crippen molar-refractivity contribution in [2.45, 2.75) is 32.2 Å². The molecule has 1 fully saturated rings. The first kappa shape index (κ1) is 14.5. The molecule has 1 saturated heterocycles. The third-order valence-corrected chi connectivity index (χ3v) is 4.51. The Labute approximate surface area is 118 Å². The zero-order chi connectivity index (χ0) is 13.7. The molecule has 1 aromatic carbocycles. The SMILES string of the molecule is CC(Cc1ccccc1)N(C)CC1CCN(C)CC1. The van der Waals surface area contributed by atoms with Crippen LogP contribution in [0.3, 0.4) is 0 Å². The normalized spacial score (nSPS) is 19.8. The summed E-state index contributed by atoms with van der Waals surface area (Å²) < 4.78 is 0. The Bertz CT molecular complexity index is 355. The standard InChI is InChI=1S/C17H28N2/c1-15(13-16-7-5-4-6-8-16)19(3)14-17-9-11-18(2)12-10-17/h4-8,15,17H,9-14H2,1-3H3. The number of likely N-dealkylation sites (N-methyl/N-ethyl adjacent to an activating group) is 1. The quantitative estimate of drug-likeness (QED) is 0.803. The topological polar surface area (TPSA) is 6.48 Å². The molecule has 0 aliphatic carbocycles. The second-order valence-electron chi connectivity index (χ2n) is 6.22. The molecule has 0 bridgehead atoms. The van der Waals surface area contributed by atoms with Crippen molar-refractivity contribution >= 4 is 0 Å². The second kappa shape index (κ2) is 7.06. The van der Waals surface area contributed by atoms with Gasteiger partial charge in [0.05, 0.1) is 0 Å². The summed E-state index contributed by atoms with van der Waals surface area (Å²) in [5.41, 5.74) is 1.45. The molecule has 1 atom stereocenters. The smallest absolute Gasteiger partial charge is 0.0104 e. The summed E-state index contributed by atoms with van der Waals surface area (Å²) >= 11 is 0. The zero-order valence-electron chi connectivity index (χ0n) is 12.7. The van der Waals surface area contributed by atoms with Crippen LogP contribution in [0.1, 0.15) is 25.3 Å². The molecule has 2 heteroatoms. The summed E-state index contributed by atoms with van der Waals surface area (Å²) in [6.07, 6.45) is 3.88. The molecule has 19 heavy (non-hydrogen) atoms. The van der Waals surface area contributed by atoms with Crippen LogP contribution in [0.15, 0.2) is 30.3 Å². The summed E-state index contributed by atoms with van der Waals surface area (Å²) in [6.45, 7) is 6.14. The van der Waals surface area contributed by atoms with Crippen LogP contribution in [0.4, 0.5) is 0 Å². The Morgan fingerprint density at radius 3 is 2.47 bits per heavy atom. The molecule has 0 radical (unpaired) electrons. The van der Waals surface area contributed by atoms with Crippen molar-refractivity contribution in [3.8, 4) is 0 Å². The van der Waals surface area contributed by atoms with Gasteiger partial charge < -0.3 is 9.80 Å². The molecule has 1 aromatic rings. The van der Waals surface area contributed by atoms with Gasteiger partial charge in [-0.05, 0) is 64.9 Å². The molecule has 2 nitrogen and oxygen atoms in total. The molecule has 1 unspecified atom stereocenters. The van der Waals surface area contributed by atoms with Crippen LogP contribution >= 0.6 is 0 Å². The van der Waals surface area contributed by atoms with E-state index < -0.39 is 0 Å².